The summed E-state index contributed by atoms with van der Waals surface area (Å²) in [5.74, 6) is 0.722. The molecule has 1 aliphatic heterocycles. The molecule has 0 amide bonds. The third-order valence-corrected chi connectivity index (χ3v) is 7.70. The smallest absolute Gasteiger partial charge is 0.314 e. The van der Waals surface area contributed by atoms with Gasteiger partial charge in [-0.05, 0) is 96.7 Å². The lowest BCUT2D eigenvalue weighted by atomic mass is 9.71. The van der Waals surface area contributed by atoms with Gasteiger partial charge in [0.05, 0.1) is 5.92 Å². The quantitative estimate of drug-likeness (QED) is 0.435. The highest BCUT2D eigenvalue weighted by Gasteiger charge is 2.44. The van der Waals surface area contributed by atoms with Crippen LogP contribution in [0.25, 0.3) is 0 Å². The number of carbonyl (C=O) groups is 1. The summed E-state index contributed by atoms with van der Waals surface area (Å²) in [6.45, 7) is 11.1. The van der Waals surface area contributed by atoms with Crippen molar-refractivity contribution in [2.24, 2.45) is 11.8 Å². The third-order valence-electron chi connectivity index (χ3n) is 7.70. The molecular weight excluding hydrogens is 365 g/mol. The first-order valence-corrected chi connectivity index (χ1v) is 11.3. The lowest BCUT2D eigenvalue weighted by Crippen LogP contribution is -2.58. The second-order valence-corrected chi connectivity index (χ2v) is 10.5. The summed E-state index contributed by atoms with van der Waals surface area (Å²) in [6.07, 6.45) is 6.94. The summed E-state index contributed by atoms with van der Waals surface area (Å²) in [6, 6.07) is 5.00. The number of nitrogens with zero attached hydrogens (tertiary/aromatic N) is 1. The van der Waals surface area contributed by atoms with Gasteiger partial charge in [-0.25, -0.2) is 4.39 Å². The number of benzene rings is 1. The number of likely N-dealkylation sites (tertiary alicyclic amines) is 1. The van der Waals surface area contributed by atoms with Gasteiger partial charge in [-0.15, -0.1) is 0 Å². The van der Waals surface area contributed by atoms with E-state index in [9.17, 15) is 4.79 Å². The minimum atomic E-state index is -0.258. The number of halogens is 1. The van der Waals surface area contributed by atoms with Gasteiger partial charge in [0.2, 0.25) is 0 Å². The molecule has 0 atom stereocenters. The van der Waals surface area contributed by atoms with E-state index in [4.69, 9.17) is 4.74 Å². The lowest BCUT2D eigenvalue weighted by molar-refractivity contribution is -0.140. The van der Waals surface area contributed by atoms with Gasteiger partial charge >= 0.3 is 5.97 Å². The van der Waals surface area contributed by atoms with E-state index in [0.29, 0.717) is 5.75 Å². The molecule has 2 aliphatic rings. The average Bonchev–Trinajstić information content (AvgIpc) is 2.65. The van der Waals surface area contributed by atoms with Crippen molar-refractivity contribution in [2.45, 2.75) is 96.6 Å². The zero-order valence-corrected chi connectivity index (χ0v) is 19.1. The first-order valence-electron chi connectivity index (χ1n) is 11.3. The van der Waals surface area contributed by atoms with Crippen molar-refractivity contribution < 1.29 is 13.9 Å². The fourth-order valence-electron chi connectivity index (χ4n) is 5.50. The number of ether oxygens (including phenoxy) is 1. The van der Waals surface area contributed by atoms with Crippen molar-refractivity contribution >= 4 is 5.97 Å². The molecule has 0 unspecified atom stereocenters. The van der Waals surface area contributed by atoms with E-state index < -0.39 is 0 Å². The van der Waals surface area contributed by atoms with Crippen LogP contribution < -0.4 is 4.74 Å². The highest BCUT2D eigenvalue weighted by Crippen LogP contribution is 2.45. The van der Waals surface area contributed by atoms with Crippen molar-refractivity contribution in [1.82, 2.24) is 4.90 Å². The summed E-state index contributed by atoms with van der Waals surface area (Å²) in [4.78, 5) is 14.9. The molecule has 29 heavy (non-hydrogen) atoms. The molecule has 2 fully saturated rings. The van der Waals surface area contributed by atoms with Gasteiger partial charge in [-0.2, -0.15) is 0 Å². The van der Waals surface area contributed by atoms with Gasteiger partial charge in [0.25, 0.3) is 0 Å². The third kappa shape index (κ3) is 4.84. The molecule has 0 radical (unpaired) electrons. The molecule has 0 N–H and O–H groups in total. The molecule has 1 aromatic carbocycles. The highest BCUT2D eigenvalue weighted by molar-refractivity contribution is 5.75. The molecule has 3 rings (SSSR count). The van der Waals surface area contributed by atoms with Gasteiger partial charge in [0.1, 0.15) is 11.6 Å². The van der Waals surface area contributed by atoms with Crippen LogP contribution in [0, 0.1) is 17.7 Å². The van der Waals surface area contributed by atoms with Crippen LogP contribution in [0.4, 0.5) is 4.39 Å². The molecule has 1 saturated heterocycles. The molecule has 1 aliphatic carbocycles. The summed E-state index contributed by atoms with van der Waals surface area (Å²) < 4.78 is 20.6. The molecule has 1 aromatic rings. The van der Waals surface area contributed by atoms with Gasteiger partial charge in [-0.3, -0.25) is 9.69 Å². The maximum absolute atomic E-state index is 15.0. The van der Waals surface area contributed by atoms with Crippen molar-refractivity contribution in [3.8, 4) is 5.75 Å². The maximum Gasteiger partial charge on any atom is 0.314 e. The van der Waals surface area contributed by atoms with Crippen molar-refractivity contribution in [1.29, 1.82) is 0 Å². The molecule has 4 heteroatoms. The van der Waals surface area contributed by atoms with Crippen molar-refractivity contribution in [2.75, 3.05) is 7.05 Å². The van der Waals surface area contributed by atoms with Gasteiger partial charge in [0.15, 0.2) is 0 Å². The van der Waals surface area contributed by atoms with E-state index >= 15 is 4.39 Å². The van der Waals surface area contributed by atoms with E-state index in [1.54, 1.807) is 6.07 Å². The van der Waals surface area contributed by atoms with Crippen LogP contribution in [0.2, 0.25) is 0 Å². The van der Waals surface area contributed by atoms with E-state index in [0.717, 1.165) is 50.0 Å². The SMILES string of the molecule is CCC1CCC(C(=O)Oc2ccc(C3CC(C)(C)N(C)C(C)(C)C3)c(F)c2)CC1. The Bertz CT molecular complexity index is 716. The van der Waals surface area contributed by atoms with Crippen molar-refractivity contribution in [3.63, 3.8) is 0 Å². The van der Waals surface area contributed by atoms with Crippen LogP contribution in [0.3, 0.4) is 0 Å². The first-order chi connectivity index (χ1) is 13.5. The van der Waals surface area contributed by atoms with Crippen LogP contribution in [0.1, 0.15) is 91.0 Å². The molecule has 1 heterocycles. The van der Waals surface area contributed by atoms with Crippen LogP contribution in [-0.2, 0) is 4.79 Å². The summed E-state index contributed by atoms with van der Waals surface area (Å²) in [7, 11) is 2.16. The van der Waals surface area contributed by atoms with E-state index in [-0.39, 0.29) is 34.7 Å². The number of esters is 1. The van der Waals surface area contributed by atoms with Crippen LogP contribution >= 0.6 is 0 Å². The van der Waals surface area contributed by atoms with Crippen LogP contribution in [-0.4, -0.2) is 29.0 Å². The number of hydrogen-bond acceptors (Lipinski definition) is 3. The average molecular weight is 404 g/mol. The second-order valence-electron chi connectivity index (χ2n) is 10.5. The minimum Gasteiger partial charge on any atom is -0.426 e. The Morgan fingerprint density at radius 2 is 1.69 bits per heavy atom. The van der Waals surface area contributed by atoms with Gasteiger partial charge in [-0.1, -0.05) is 19.4 Å². The van der Waals surface area contributed by atoms with Gasteiger partial charge in [0, 0.05) is 17.1 Å². The summed E-state index contributed by atoms with van der Waals surface area (Å²) in [5.41, 5.74) is 0.741. The van der Waals surface area contributed by atoms with E-state index in [2.05, 4.69) is 46.6 Å². The molecule has 3 nitrogen and oxygen atoms in total. The largest absolute Gasteiger partial charge is 0.426 e. The molecule has 0 spiro atoms. The Labute approximate surface area is 176 Å². The predicted molar refractivity (Wildman–Crippen MR) is 116 cm³/mol. The standard InChI is InChI=1S/C25H38FNO2/c1-7-17-8-10-18(11-9-17)23(28)29-20-12-13-21(22(26)14-20)19-15-24(2,3)27(6)25(4,5)16-19/h12-14,17-19H,7-11,15-16H2,1-6H3. The Kier molecular flexibility index (Phi) is 6.43. The van der Waals surface area contributed by atoms with Crippen LogP contribution in [0.15, 0.2) is 18.2 Å². The second kappa shape index (κ2) is 8.37. The number of rotatable bonds is 4. The summed E-state index contributed by atoms with van der Waals surface area (Å²) >= 11 is 0. The zero-order chi connectivity index (χ0) is 21.4. The lowest BCUT2D eigenvalue weighted by Gasteiger charge is -2.53. The number of piperidine rings is 1. The predicted octanol–water partition coefficient (Wildman–Crippen LogP) is 6.31. The highest BCUT2D eigenvalue weighted by atomic mass is 19.1. The number of carbonyl (C=O) groups excluding carboxylic acids is 1. The summed E-state index contributed by atoms with van der Waals surface area (Å²) in [5, 5.41) is 0. The normalized spacial score (nSPS) is 27.6. The molecule has 0 aromatic heterocycles. The Morgan fingerprint density at radius 1 is 1.10 bits per heavy atom. The van der Waals surface area contributed by atoms with E-state index in [1.807, 2.05) is 6.07 Å². The van der Waals surface area contributed by atoms with Crippen LogP contribution in [0.5, 0.6) is 5.75 Å². The zero-order valence-electron chi connectivity index (χ0n) is 19.1. The molecule has 162 valence electrons. The van der Waals surface area contributed by atoms with Crippen molar-refractivity contribution in [3.05, 3.63) is 29.6 Å². The fraction of sp³-hybridized carbons (Fsp3) is 0.720. The minimum absolute atomic E-state index is 0.00131. The maximum atomic E-state index is 15.0. The molecule has 0 bridgehead atoms. The monoisotopic (exact) mass is 403 g/mol. The topological polar surface area (TPSA) is 29.5 Å². The first kappa shape index (κ1) is 22.3. The molecular formula is C25H38FNO2. The molecule has 1 saturated carbocycles. The van der Waals surface area contributed by atoms with Gasteiger partial charge < -0.3 is 4.74 Å². The Balaban J connectivity index is 1.68. The fourth-order valence-corrected chi connectivity index (χ4v) is 5.50. The Hall–Kier alpha value is -1.42. The van der Waals surface area contributed by atoms with E-state index in [1.165, 1.54) is 12.5 Å². The number of hydrogen-bond donors (Lipinski definition) is 0. The Morgan fingerprint density at radius 3 is 2.21 bits per heavy atom.